The van der Waals surface area contributed by atoms with Gasteiger partial charge >= 0.3 is 0 Å². The van der Waals surface area contributed by atoms with Gasteiger partial charge in [-0.05, 0) is 36.8 Å². The van der Waals surface area contributed by atoms with Crippen LogP contribution in [0.1, 0.15) is 62.5 Å². The summed E-state index contributed by atoms with van der Waals surface area (Å²) >= 11 is 0. The van der Waals surface area contributed by atoms with Crippen LogP contribution in [0, 0.1) is 0 Å². The normalized spacial score (nSPS) is 19.4. The topological polar surface area (TPSA) is 64.1 Å². The Morgan fingerprint density at radius 1 is 0.967 bits per heavy atom. The smallest absolute Gasteiger partial charge is 0.191 e. The van der Waals surface area contributed by atoms with Crippen molar-refractivity contribution in [1.82, 2.24) is 10.6 Å². The number of nitrogens with zero attached hydrogens (tertiary/aromatic N) is 1. The molecule has 0 atom stereocenters. The van der Waals surface area contributed by atoms with E-state index in [1.54, 1.807) is 7.05 Å². The number of hydrogen-bond donors (Lipinski definition) is 2. The van der Waals surface area contributed by atoms with Gasteiger partial charge in [0.05, 0.1) is 25.4 Å². The van der Waals surface area contributed by atoms with E-state index >= 15 is 0 Å². The molecule has 3 rings (SSSR count). The van der Waals surface area contributed by atoms with Crippen LogP contribution in [0.4, 0.5) is 0 Å². The first-order valence-electron chi connectivity index (χ1n) is 11.7. The SMILES string of the molecule is CN=C(NCCOC1CCCCCC1)NCc1cccc(COC2CCOCC2)c1. The molecule has 0 aromatic heterocycles. The zero-order chi connectivity index (χ0) is 20.9. The minimum absolute atomic E-state index is 0.323. The first-order valence-corrected chi connectivity index (χ1v) is 11.7. The summed E-state index contributed by atoms with van der Waals surface area (Å²) in [5, 5.41) is 6.75. The highest BCUT2D eigenvalue weighted by atomic mass is 16.5. The molecule has 168 valence electrons. The average molecular weight is 418 g/mol. The van der Waals surface area contributed by atoms with Crippen LogP contribution in [-0.4, -0.2) is 51.6 Å². The molecule has 1 aromatic carbocycles. The third-order valence-electron chi connectivity index (χ3n) is 5.88. The zero-order valence-corrected chi connectivity index (χ0v) is 18.5. The molecule has 2 aliphatic rings. The molecule has 6 heteroatoms. The van der Waals surface area contributed by atoms with Gasteiger partial charge < -0.3 is 24.8 Å². The average Bonchev–Trinajstić information content (AvgIpc) is 3.07. The number of rotatable bonds is 9. The van der Waals surface area contributed by atoms with Crippen LogP contribution in [0.3, 0.4) is 0 Å². The molecular weight excluding hydrogens is 378 g/mol. The van der Waals surface area contributed by atoms with Crippen LogP contribution >= 0.6 is 0 Å². The van der Waals surface area contributed by atoms with Crippen molar-refractivity contribution in [2.45, 2.75) is 76.7 Å². The van der Waals surface area contributed by atoms with Crippen molar-refractivity contribution >= 4 is 5.96 Å². The molecule has 0 radical (unpaired) electrons. The molecule has 2 fully saturated rings. The molecule has 0 bridgehead atoms. The van der Waals surface area contributed by atoms with Gasteiger partial charge in [0.25, 0.3) is 0 Å². The van der Waals surface area contributed by atoms with Gasteiger partial charge in [0.15, 0.2) is 5.96 Å². The van der Waals surface area contributed by atoms with Crippen molar-refractivity contribution in [1.29, 1.82) is 0 Å². The Hall–Kier alpha value is -1.63. The molecule has 6 nitrogen and oxygen atoms in total. The van der Waals surface area contributed by atoms with Crippen molar-refractivity contribution in [3.05, 3.63) is 35.4 Å². The predicted molar refractivity (Wildman–Crippen MR) is 121 cm³/mol. The van der Waals surface area contributed by atoms with E-state index in [0.717, 1.165) is 51.7 Å². The van der Waals surface area contributed by atoms with Crippen molar-refractivity contribution in [3.8, 4) is 0 Å². The third kappa shape index (κ3) is 8.62. The van der Waals surface area contributed by atoms with E-state index in [1.165, 1.54) is 49.7 Å². The van der Waals surface area contributed by atoms with E-state index in [4.69, 9.17) is 14.2 Å². The monoisotopic (exact) mass is 417 g/mol. The largest absolute Gasteiger partial charge is 0.381 e. The van der Waals surface area contributed by atoms with Crippen LogP contribution in [0.15, 0.2) is 29.3 Å². The first kappa shape index (κ1) is 23.0. The number of ether oxygens (including phenoxy) is 3. The van der Waals surface area contributed by atoms with Gasteiger partial charge in [0, 0.05) is 33.4 Å². The minimum Gasteiger partial charge on any atom is -0.381 e. The highest BCUT2D eigenvalue weighted by Crippen LogP contribution is 2.19. The maximum Gasteiger partial charge on any atom is 0.191 e. The lowest BCUT2D eigenvalue weighted by atomic mass is 10.1. The van der Waals surface area contributed by atoms with Crippen LogP contribution in [0.25, 0.3) is 0 Å². The quantitative estimate of drug-likeness (QED) is 0.277. The van der Waals surface area contributed by atoms with E-state index in [0.29, 0.717) is 18.8 Å². The maximum absolute atomic E-state index is 6.05. The van der Waals surface area contributed by atoms with Crippen molar-refractivity contribution in [3.63, 3.8) is 0 Å². The first-order chi connectivity index (χ1) is 14.8. The fourth-order valence-electron chi connectivity index (χ4n) is 4.10. The van der Waals surface area contributed by atoms with Gasteiger partial charge in [-0.3, -0.25) is 4.99 Å². The van der Waals surface area contributed by atoms with E-state index in [9.17, 15) is 0 Å². The van der Waals surface area contributed by atoms with Crippen molar-refractivity contribution < 1.29 is 14.2 Å². The van der Waals surface area contributed by atoms with Crippen molar-refractivity contribution in [2.75, 3.05) is 33.4 Å². The summed E-state index contributed by atoms with van der Waals surface area (Å²) in [5.41, 5.74) is 2.43. The Kier molecular flexibility index (Phi) is 10.5. The minimum atomic E-state index is 0.323. The Morgan fingerprint density at radius 2 is 1.70 bits per heavy atom. The highest BCUT2D eigenvalue weighted by Gasteiger charge is 2.14. The summed E-state index contributed by atoms with van der Waals surface area (Å²) in [5.74, 6) is 0.809. The predicted octanol–water partition coefficient (Wildman–Crippen LogP) is 3.79. The summed E-state index contributed by atoms with van der Waals surface area (Å²) in [7, 11) is 1.81. The maximum atomic E-state index is 6.05. The molecule has 0 unspecified atom stereocenters. The number of benzene rings is 1. The van der Waals surface area contributed by atoms with Gasteiger partial charge in [-0.15, -0.1) is 0 Å². The van der Waals surface area contributed by atoms with Crippen molar-refractivity contribution in [2.24, 2.45) is 4.99 Å². The van der Waals surface area contributed by atoms with Crippen LogP contribution in [0.2, 0.25) is 0 Å². The Balaban J connectivity index is 1.33. The summed E-state index contributed by atoms with van der Waals surface area (Å²) in [4.78, 5) is 4.32. The second-order valence-electron chi connectivity index (χ2n) is 8.28. The molecule has 1 saturated heterocycles. The number of hydrogen-bond acceptors (Lipinski definition) is 4. The number of nitrogens with one attached hydrogen (secondary N) is 2. The van der Waals surface area contributed by atoms with E-state index < -0.39 is 0 Å². The molecular formula is C24H39N3O3. The summed E-state index contributed by atoms with van der Waals surface area (Å²) in [6.45, 7) is 4.51. The Labute approximate surface area is 181 Å². The molecule has 2 N–H and O–H groups in total. The molecule has 1 aliphatic heterocycles. The number of guanidine groups is 1. The summed E-state index contributed by atoms with van der Waals surface area (Å²) < 4.78 is 17.5. The second kappa shape index (κ2) is 13.6. The number of aliphatic imine (C=N–C) groups is 1. The summed E-state index contributed by atoms with van der Waals surface area (Å²) in [6.07, 6.45) is 10.5. The molecule has 0 amide bonds. The lowest BCUT2D eigenvalue weighted by Gasteiger charge is -2.22. The third-order valence-corrected chi connectivity index (χ3v) is 5.88. The lowest BCUT2D eigenvalue weighted by molar-refractivity contribution is -0.0390. The lowest BCUT2D eigenvalue weighted by Crippen LogP contribution is -2.38. The standard InChI is InChI=1S/C24H39N3O3/c1-25-24(26-13-16-29-22-9-4-2-3-5-10-22)27-18-20-7-6-8-21(17-20)19-30-23-11-14-28-15-12-23/h6-8,17,22-23H,2-5,9-16,18-19H2,1H3,(H2,25,26,27). The van der Waals surface area contributed by atoms with Gasteiger partial charge in [0.1, 0.15) is 0 Å². The van der Waals surface area contributed by atoms with Crippen LogP contribution in [-0.2, 0) is 27.4 Å². The Bertz CT molecular complexity index is 624. The molecule has 1 heterocycles. The fraction of sp³-hybridized carbons (Fsp3) is 0.708. The van der Waals surface area contributed by atoms with Crippen LogP contribution < -0.4 is 10.6 Å². The molecule has 30 heavy (non-hydrogen) atoms. The molecule has 1 aliphatic carbocycles. The highest BCUT2D eigenvalue weighted by molar-refractivity contribution is 5.79. The second-order valence-corrected chi connectivity index (χ2v) is 8.28. The van der Waals surface area contributed by atoms with Gasteiger partial charge in [-0.1, -0.05) is 49.9 Å². The van der Waals surface area contributed by atoms with Gasteiger partial charge in [0.2, 0.25) is 0 Å². The summed E-state index contributed by atoms with van der Waals surface area (Å²) in [6, 6.07) is 8.55. The van der Waals surface area contributed by atoms with Gasteiger partial charge in [-0.2, -0.15) is 0 Å². The fourth-order valence-corrected chi connectivity index (χ4v) is 4.10. The van der Waals surface area contributed by atoms with Crippen LogP contribution in [0.5, 0.6) is 0 Å². The molecule has 1 aromatic rings. The Morgan fingerprint density at radius 3 is 2.47 bits per heavy atom. The molecule has 0 spiro atoms. The van der Waals surface area contributed by atoms with E-state index in [2.05, 4.69) is 39.9 Å². The van der Waals surface area contributed by atoms with E-state index in [-0.39, 0.29) is 0 Å². The molecule has 1 saturated carbocycles. The van der Waals surface area contributed by atoms with E-state index in [1.807, 2.05) is 0 Å². The van der Waals surface area contributed by atoms with Gasteiger partial charge in [-0.25, -0.2) is 0 Å². The zero-order valence-electron chi connectivity index (χ0n) is 18.5.